The second kappa shape index (κ2) is 7.52. The summed E-state index contributed by atoms with van der Waals surface area (Å²) in [5.74, 6) is -1.43. The lowest BCUT2D eigenvalue weighted by Crippen LogP contribution is -2.21. The Kier molecular flexibility index (Phi) is 4.76. The number of furan rings is 1. The van der Waals surface area contributed by atoms with Crippen LogP contribution >= 0.6 is 0 Å². The van der Waals surface area contributed by atoms with Crippen molar-refractivity contribution in [2.75, 3.05) is 11.9 Å². The molecule has 28 heavy (non-hydrogen) atoms. The summed E-state index contributed by atoms with van der Waals surface area (Å²) in [7, 11) is 0. The minimum absolute atomic E-state index is 0.00909. The van der Waals surface area contributed by atoms with E-state index in [0.29, 0.717) is 16.8 Å². The summed E-state index contributed by atoms with van der Waals surface area (Å²) in [6.45, 7) is -0.424. The number of ether oxygens (including phenoxy) is 1. The number of anilines is 1. The molecule has 1 amide bonds. The lowest BCUT2D eigenvalue weighted by atomic mass is 10.0. The molecule has 0 saturated heterocycles. The summed E-state index contributed by atoms with van der Waals surface area (Å²) < 4.78 is 23.5. The van der Waals surface area contributed by atoms with Crippen molar-refractivity contribution in [3.8, 4) is 0 Å². The van der Waals surface area contributed by atoms with Crippen molar-refractivity contribution in [2.45, 2.75) is 6.42 Å². The zero-order chi connectivity index (χ0) is 19.5. The van der Waals surface area contributed by atoms with E-state index in [1.54, 1.807) is 0 Å². The molecule has 1 heterocycles. The number of halogens is 1. The Morgan fingerprint density at radius 1 is 1.00 bits per heavy atom. The van der Waals surface area contributed by atoms with Gasteiger partial charge in [0.25, 0.3) is 5.91 Å². The molecule has 0 spiro atoms. The SMILES string of the molecule is O=C(COC(=O)Cc1coc2ccc3ccccc3c12)Nc1ccc(F)cc1. The first-order chi connectivity index (χ1) is 13.6. The highest BCUT2D eigenvalue weighted by Crippen LogP contribution is 2.30. The Balaban J connectivity index is 1.42. The molecule has 0 aliphatic rings. The Bertz CT molecular complexity index is 1160. The summed E-state index contributed by atoms with van der Waals surface area (Å²) in [6.07, 6.45) is 1.53. The number of carbonyl (C=O) groups is 2. The van der Waals surface area contributed by atoms with Gasteiger partial charge < -0.3 is 14.5 Å². The second-order valence-corrected chi connectivity index (χ2v) is 6.31. The van der Waals surface area contributed by atoms with Gasteiger partial charge in [0.05, 0.1) is 12.7 Å². The van der Waals surface area contributed by atoms with Crippen molar-refractivity contribution in [2.24, 2.45) is 0 Å². The smallest absolute Gasteiger partial charge is 0.310 e. The quantitative estimate of drug-likeness (QED) is 0.522. The molecule has 1 aromatic heterocycles. The second-order valence-electron chi connectivity index (χ2n) is 6.31. The maximum Gasteiger partial charge on any atom is 0.310 e. The van der Waals surface area contributed by atoms with Crippen LogP contribution in [0.3, 0.4) is 0 Å². The molecule has 0 bridgehead atoms. The first-order valence-corrected chi connectivity index (χ1v) is 8.69. The van der Waals surface area contributed by atoms with Gasteiger partial charge in [0.1, 0.15) is 11.4 Å². The van der Waals surface area contributed by atoms with E-state index >= 15 is 0 Å². The topological polar surface area (TPSA) is 68.5 Å². The van der Waals surface area contributed by atoms with Gasteiger partial charge in [0, 0.05) is 16.6 Å². The van der Waals surface area contributed by atoms with Crippen LogP contribution in [0.15, 0.2) is 71.3 Å². The van der Waals surface area contributed by atoms with Gasteiger partial charge in [0.15, 0.2) is 6.61 Å². The zero-order valence-corrected chi connectivity index (χ0v) is 14.8. The van der Waals surface area contributed by atoms with E-state index in [0.717, 1.165) is 16.2 Å². The molecule has 0 atom stereocenters. The molecule has 0 radical (unpaired) electrons. The molecule has 0 aliphatic carbocycles. The van der Waals surface area contributed by atoms with Crippen molar-refractivity contribution in [1.29, 1.82) is 0 Å². The lowest BCUT2D eigenvalue weighted by molar-refractivity contribution is -0.146. The Hall–Kier alpha value is -3.67. The van der Waals surface area contributed by atoms with E-state index in [4.69, 9.17) is 9.15 Å². The highest BCUT2D eigenvalue weighted by atomic mass is 19.1. The van der Waals surface area contributed by atoms with Crippen LogP contribution in [0.2, 0.25) is 0 Å². The summed E-state index contributed by atoms with van der Waals surface area (Å²) in [5, 5.41) is 5.44. The average molecular weight is 377 g/mol. The van der Waals surface area contributed by atoms with Gasteiger partial charge >= 0.3 is 5.97 Å². The standard InChI is InChI=1S/C22H16FNO4/c23-16-6-8-17(9-7-16)24-20(25)13-28-21(26)11-15-12-27-19-10-5-14-3-1-2-4-18(14)22(15)19/h1-10,12H,11,13H2,(H,24,25). The van der Waals surface area contributed by atoms with Crippen LogP contribution in [0.4, 0.5) is 10.1 Å². The minimum Gasteiger partial charge on any atom is -0.464 e. The third kappa shape index (κ3) is 3.71. The molecule has 5 nitrogen and oxygen atoms in total. The van der Waals surface area contributed by atoms with Gasteiger partial charge in [-0.3, -0.25) is 9.59 Å². The van der Waals surface area contributed by atoms with Crippen LogP contribution in [0, 0.1) is 5.82 Å². The van der Waals surface area contributed by atoms with Gasteiger partial charge in [-0.2, -0.15) is 0 Å². The number of hydrogen-bond donors (Lipinski definition) is 1. The lowest BCUT2D eigenvalue weighted by Gasteiger charge is -2.07. The van der Waals surface area contributed by atoms with Crippen LogP contribution in [0.1, 0.15) is 5.56 Å². The van der Waals surface area contributed by atoms with Crippen LogP contribution in [0.25, 0.3) is 21.7 Å². The van der Waals surface area contributed by atoms with Crippen LogP contribution in [-0.4, -0.2) is 18.5 Å². The number of carbonyl (C=O) groups excluding carboxylic acids is 2. The van der Waals surface area contributed by atoms with Crippen LogP contribution in [-0.2, 0) is 20.7 Å². The van der Waals surface area contributed by atoms with Crippen molar-refractivity contribution in [3.05, 3.63) is 78.3 Å². The maximum absolute atomic E-state index is 12.9. The zero-order valence-electron chi connectivity index (χ0n) is 14.8. The van der Waals surface area contributed by atoms with E-state index in [2.05, 4.69) is 5.32 Å². The highest BCUT2D eigenvalue weighted by molar-refractivity contribution is 6.08. The van der Waals surface area contributed by atoms with Crippen LogP contribution in [0.5, 0.6) is 0 Å². The normalized spacial score (nSPS) is 10.9. The summed E-state index contributed by atoms with van der Waals surface area (Å²) >= 11 is 0. The van der Waals surface area contributed by atoms with Crippen molar-refractivity contribution < 1.29 is 23.1 Å². The largest absolute Gasteiger partial charge is 0.464 e. The number of nitrogens with one attached hydrogen (secondary N) is 1. The van der Waals surface area contributed by atoms with Crippen molar-refractivity contribution >= 4 is 39.3 Å². The molecule has 4 aromatic rings. The van der Waals surface area contributed by atoms with E-state index in [1.807, 2.05) is 36.4 Å². The maximum atomic E-state index is 12.9. The Morgan fingerprint density at radius 3 is 2.61 bits per heavy atom. The molecule has 1 N–H and O–H groups in total. The number of esters is 1. The molecule has 0 unspecified atom stereocenters. The predicted molar refractivity (Wildman–Crippen MR) is 103 cm³/mol. The van der Waals surface area contributed by atoms with Gasteiger partial charge in [0.2, 0.25) is 0 Å². The minimum atomic E-state index is -0.537. The number of benzene rings is 3. The summed E-state index contributed by atoms with van der Waals surface area (Å²) in [6, 6.07) is 17.0. The van der Waals surface area contributed by atoms with E-state index in [9.17, 15) is 14.0 Å². The van der Waals surface area contributed by atoms with E-state index in [-0.39, 0.29) is 6.42 Å². The molecule has 140 valence electrons. The Labute approximate surface area is 159 Å². The third-order valence-electron chi connectivity index (χ3n) is 4.37. The van der Waals surface area contributed by atoms with E-state index < -0.39 is 24.3 Å². The predicted octanol–water partition coefficient (Wildman–Crippen LogP) is 4.45. The van der Waals surface area contributed by atoms with Gasteiger partial charge in [-0.05, 0) is 41.1 Å². The number of fused-ring (bicyclic) bond motifs is 3. The molecular weight excluding hydrogens is 361 g/mol. The monoisotopic (exact) mass is 377 g/mol. The first kappa shape index (κ1) is 17.7. The molecule has 6 heteroatoms. The van der Waals surface area contributed by atoms with Gasteiger partial charge in [-0.25, -0.2) is 4.39 Å². The fourth-order valence-electron chi connectivity index (χ4n) is 3.09. The summed E-state index contributed by atoms with van der Waals surface area (Å²) in [5.41, 5.74) is 1.82. The van der Waals surface area contributed by atoms with Gasteiger partial charge in [-0.15, -0.1) is 0 Å². The third-order valence-corrected chi connectivity index (χ3v) is 4.37. The molecule has 0 aliphatic heterocycles. The van der Waals surface area contributed by atoms with Crippen LogP contribution < -0.4 is 5.32 Å². The Morgan fingerprint density at radius 2 is 1.79 bits per heavy atom. The highest BCUT2D eigenvalue weighted by Gasteiger charge is 2.15. The van der Waals surface area contributed by atoms with Crippen molar-refractivity contribution in [1.82, 2.24) is 0 Å². The average Bonchev–Trinajstić information content (AvgIpc) is 3.11. The fraction of sp³-hybridized carbons (Fsp3) is 0.0909. The fourth-order valence-corrected chi connectivity index (χ4v) is 3.09. The molecular formula is C22H16FNO4. The molecule has 4 rings (SSSR count). The number of hydrogen-bond acceptors (Lipinski definition) is 4. The molecule has 0 saturated carbocycles. The van der Waals surface area contributed by atoms with Crippen molar-refractivity contribution in [3.63, 3.8) is 0 Å². The molecule has 3 aromatic carbocycles. The number of amides is 1. The molecule has 0 fully saturated rings. The number of rotatable bonds is 5. The first-order valence-electron chi connectivity index (χ1n) is 8.69. The van der Waals surface area contributed by atoms with Gasteiger partial charge in [-0.1, -0.05) is 30.3 Å². The van der Waals surface area contributed by atoms with E-state index in [1.165, 1.54) is 30.5 Å². The summed E-state index contributed by atoms with van der Waals surface area (Å²) in [4.78, 5) is 24.1.